The van der Waals surface area contributed by atoms with Gasteiger partial charge in [-0.05, 0) is 24.8 Å². The second-order valence-corrected chi connectivity index (χ2v) is 6.71. The Morgan fingerprint density at radius 1 is 1.31 bits per heavy atom. The molecule has 0 aliphatic carbocycles. The van der Waals surface area contributed by atoms with Crippen molar-refractivity contribution in [2.75, 3.05) is 28.8 Å². The van der Waals surface area contributed by atoms with E-state index in [4.69, 9.17) is 4.74 Å². The molecular formula is C19H25N5O2. The van der Waals surface area contributed by atoms with Crippen LogP contribution >= 0.6 is 0 Å². The van der Waals surface area contributed by atoms with E-state index in [1.165, 1.54) is 5.56 Å². The number of aliphatic hydroxyl groups excluding tert-OH is 1. The third-order valence-corrected chi connectivity index (χ3v) is 5.08. The molecule has 0 bridgehead atoms. The molecule has 0 amide bonds. The first-order valence-corrected chi connectivity index (χ1v) is 9.23. The zero-order valence-electron chi connectivity index (χ0n) is 14.9. The minimum Gasteiger partial charge on any atom is -0.394 e. The molecule has 3 heterocycles. The van der Waals surface area contributed by atoms with Gasteiger partial charge in [0.15, 0.2) is 11.6 Å². The first-order valence-electron chi connectivity index (χ1n) is 9.23. The molecule has 2 aromatic rings. The fraction of sp³-hybridized carbons (Fsp3) is 0.474. The number of rotatable bonds is 6. The van der Waals surface area contributed by atoms with Crippen LogP contribution in [-0.2, 0) is 4.74 Å². The molecule has 7 nitrogen and oxygen atoms in total. The maximum atomic E-state index is 9.31. The third kappa shape index (κ3) is 3.20. The SMILES string of the molecule is CCC(Nc1ncnc2c1NCN2C1CCC(CO)O1)c1ccccc1. The highest BCUT2D eigenvalue weighted by atomic mass is 16.5. The van der Waals surface area contributed by atoms with Gasteiger partial charge in [-0.3, -0.25) is 0 Å². The van der Waals surface area contributed by atoms with E-state index in [2.05, 4.69) is 56.7 Å². The zero-order chi connectivity index (χ0) is 17.9. The molecule has 3 unspecified atom stereocenters. The molecule has 0 spiro atoms. The minimum absolute atomic E-state index is 0.0558. The van der Waals surface area contributed by atoms with E-state index in [1.54, 1.807) is 6.33 Å². The molecule has 4 rings (SSSR count). The minimum atomic E-state index is -0.0777. The quantitative estimate of drug-likeness (QED) is 0.735. The lowest BCUT2D eigenvalue weighted by Crippen LogP contribution is -2.35. The van der Waals surface area contributed by atoms with Crippen LogP contribution in [0.2, 0.25) is 0 Å². The van der Waals surface area contributed by atoms with Crippen molar-refractivity contribution >= 4 is 17.3 Å². The Balaban J connectivity index is 1.55. The largest absolute Gasteiger partial charge is 0.394 e. The summed E-state index contributed by atoms with van der Waals surface area (Å²) in [5.41, 5.74) is 2.15. The number of hydrogen-bond donors (Lipinski definition) is 3. The Labute approximate surface area is 153 Å². The van der Waals surface area contributed by atoms with E-state index < -0.39 is 0 Å². The average molecular weight is 355 g/mol. The Hall–Kier alpha value is -2.38. The highest BCUT2D eigenvalue weighted by Gasteiger charge is 2.35. The van der Waals surface area contributed by atoms with Crippen molar-refractivity contribution in [3.8, 4) is 0 Å². The fourth-order valence-electron chi connectivity index (χ4n) is 3.67. The molecular weight excluding hydrogens is 330 g/mol. The summed E-state index contributed by atoms with van der Waals surface area (Å²) in [5.74, 6) is 1.67. The summed E-state index contributed by atoms with van der Waals surface area (Å²) in [5, 5.41) is 16.3. The first-order chi connectivity index (χ1) is 12.8. The number of nitrogens with zero attached hydrogens (tertiary/aromatic N) is 3. The molecule has 1 aromatic carbocycles. The number of anilines is 3. The van der Waals surface area contributed by atoms with Crippen LogP contribution in [0.5, 0.6) is 0 Å². The van der Waals surface area contributed by atoms with Gasteiger partial charge in [0.25, 0.3) is 0 Å². The molecule has 1 fully saturated rings. The Morgan fingerprint density at radius 2 is 2.15 bits per heavy atom. The van der Waals surface area contributed by atoms with E-state index in [0.717, 1.165) is 36.6 Å². The summed E-state index contributed by atoms with van der Waals surface area (Å²) in [6, 6.07) is 10.6. The normalized spacial score (nSPS) is 22.8. The zero-order valence-corrected chi connectivity index (χ0v) is 14.9. The molecule has 2 aliphatic heterocycles. The smallest absolute Gasteiger partial charge is 0.161 e. The molecule has 3 N–H and O–H groups in total. The summed E-state index contributed by atoms with van der Waals surface area (Å²) >= 11 is 0. The first kappa shape index (κ1) is 17.1. The van der Waals surface area contributed by atoms with Crippen LogP contribution < -0.4 is 15.5 Å². The van der Waals surface area contributed by atoms with E-state index in [9.17, 15) is 5.11 Å². The van der Waals surface area contributed by atoms with Crippen LogP contribution in [0.3, 0.4) is 0 Å². The standard InChI is InChI=1S/C19H25N5O2/c1-2-15(13-6-4-3-5-7-13)23-18-17-19(21-11-20-18)24(12-22-17)16-9-8-14(10-25)26-16/h3-7,11,14-16,22,25H,2,8-10,12H2,1H3,(H,20,21,23). The lowest BCUT2D eigenvalue weighted by Gasteiger charge is -2.24. The van der Waals surface area contributed by atoms with E-state index in [0.29, 0.717) is 6.67 Å². The summed E-state index contributed by atoms with van der Waals surface area (Å²) in [4.78, 5) is 11.0. The van der Waals surface area contributed by atoms with Crippen molar-refractivity contribution in [3.63, 3.8) is 0 Å². The molecule has 1 saturated heterocycles. The van der Waals surface area contributed by atoms with E-state index >= 15 is 0 Å². The number of ether oxygens (including phenoxy) is 1. The maximum absolute atomic E-state index is 9.31. The van der Waals surface area contributed by atoms with Crippen molar-refractivity contribution in [2.24, 2.45) is 0 Å². The average Bonchev–Trinajstić information content (AvgIpc) is 3.33. The van der Waals surface area contributed by atoms with E-state index in [1.807, 2.05) is 6.07 Å². The fourth-order valence-corrected chi connectivity index (χ4v) is 3.67. The predicted octanol–water partition coefficient (Wildman–Crippen LogP) is 2.73. The molecule has 138 valence electrons. The van der Waals surface area contributed by atoms with Crippen LogP contribution in [0.4, 0.5) is 17.3 Å². The van der Waals surface area contributed by atoms with Crippen molar-refractivity contribution in [2.45, 2.75) is 44.6 Å². The van der Waals surface area contributed by atoms with Crippen LogP contribution in [0.1, 0.15) is 37.8 Å². The Morgan fingerprint density at radius 3 is 2.88 bits per heavy atom. The third-order valence-electron chi connectivity index (χ3n) is 5.08. The van der Waals surface area contributed by atoms with E-state index in [-0.39, 0.29) is 25.0 Å². The Bertz CT molecular complexity index is 742. The molecule has 2 aliphatic rings. The van der Waals surface area contributed by atoms with Gasteiger partial charge in [-0.15, -0.1) is 0 Å². The van der Waals surface area contributed by atoms with Crippen LogP contribution in [0, 0.1) is 0 Å². The molecule has 0 radical (unpaired) electrons. The van der Waals surface area contributed by atoms with Crippen molar-refractivity contribution in [3.05, 3.63) is 42.2 Å². The second-order valence-electron chi connectivity index (χ2n) is 6.71. The molecule has 0 saturated carbocycles. The topological polar surface area (TPSA) is 82.5 Å². The number of aromatic nitrogens is 2. The van der Waals surface area contributed by atoms with Crippen LogP contribution in [0.15, 0.2) is 36.7 Å². The highest BCUT2D eigenvalue weighted by Crippen LogP contribution is 2.39. The maximum Gasteiger partial charge on any atom is 0.161 e. The molecule has 26 heavy (non-hydrogen) atoms. The summed E-state index contributed by atoms with van der Waals surface area (Å²) in [6.07, 6.45) is 4.18. The van der Waals surface area contributed by atoms with Crippen molar-refractivity contribution in [1.29, 1.82) is 0 Å². The number of nitrogens with one attached hydrogen (secondary N) is 2. The number of aliphatic hydroxyl groups is 1. The van der Waals surface area contributed by atoms with Gasteiger partial charge in [0.05, 0.1) is 25.4 Å². The van der Waals surface area contributed by atoms with Gasteiger partial charge in [-0.1, -0.05) is 37.3 Å². The van der Waals surface area contributed by atoms with Gasteiger partial charge >= 0.3 is 0 Å². The summed E-state index contributed by atoms with van der Waals surface area (Å²) in [7, 11) is 0. The lowest BCUT2D eigenvalue weighted by molar-refractivity contribution is 0.0115. The lowest BCUT2D eigenvalue weighted by atomic mass is 10.0. The second kappa shape index (κ2) is 7.47. The highest BCUT2D eigenvalue weighted by molar-refractivity contribution is 5.81. The van der Waals surface area contributed by atoms with Crippen LogP contribution in [0.25, 0.3) is 0 Å². The molecule has 7 heteroatoms. The monoisotopic (exact) mass is 355 g/mol. The van der Waals surface area contributed by atoms with Gasteiger partial charge < -0.3 is 25.4 Å². The van der Waals surface area contributed by atoms with Gasteiger partial charge in [-0.25, -0.2) is 9.97 Å². The molecule has 3 atom stereocenters. The summed E-state index contributed by atoms with van der Waals surface area (Å²) < 4.78 is 5.92. The number of benzene rings is 1. The van der Waals surface area contributed by atoms with Gasteiger partial charge in [-0.2, -0.15) is 0 Å². The van der Waals surface area contributed by atoms with Gasteiger partial charge in [0, 0.05) is 0 Å². The number of fused-ring (bicyclic) bond motifs is 1. The van der Waals surface area contributed by atoms with Crippen molar-refractivity contribution < 1.29 is 9.84 Å². The predicted molar refractivity (Wildman–Crippen MR) is 101 cm³/mol. The van der Waals surface area contributed by atoms with Gasteiger partial charge in [0.1, 0.15) is 18.2 Å². The Kier molecular flexibility index (Phi) is 4.90. The van der Waals surface area contributed by atoms with Crippen molar-refractivity contribution in [1.82, 2.24) is 9.97 Å². The van der Waals surface area contributed by atoms with Crippen LogP contribution in [-0.4, -0.2) is 40.7 Å². The molecule has 1 aromatic heterocycles. The number of hydrogen-bond acceptors (Lipinski definition) is 7. The summed E-state index contributed by atoms with van der Waals surface area (Å²) in [6.45, 7) is 2.86. The van der Waals surface area contributed by atoms with Gasteiger partial charge in [0.2, 0.25) is 0 Å².